The smallest absolute Gasteiger partial charge is 0.260 e. The molecule has 0 N–H and O–H groups in total. The molecule has 3 rings (SSSR count). The number of benzene rings is 2. The minimum absolute atomic E-state index is 0. The van der Waals surface area contributed by atoms with Crippen LogP contribution in [0, 0.1) is 0 Å². The highest BCUT2D eigenvalue weighted by molar-refractivity contribution is 9.10. The minimum atomic E-state index is -3.60. The number of halogens is 2. The second-order valence-corrected chi connectivity index (χ2v) is 12.5. The molecule has 0 unspecified atom stereocenters. The van der Waals surface area contributed by atoms with Crippen molar-refractivity contribution in [3.8, 4) is 0 Å². The molecule has 0 radical (unpaired) electrons. The molecule has 0 aliphatic heterocycles. The summed E-state index contributed by atoms with van der Waals surface area (Å²) in [6, 6.07) is 12.1. The number of hydrogen-bond acceptors (Lipinski definition) is 6. The first-order chi connectivity index (χ1) is 16.7. The van der Waals surface area contributed by atoms with Gasteiger partial charge in [0.2, 0.25) is 10.0 Å². The molecule has 1 heterocycles. The summed E-state index contributed by atoms with van der Waals surface area (Å²) in [5.74, 6) is -0.190. The Balaban J connectivity index is 0.00000456. The lowest BCUT2D eigenvalue weighted by Crippen LogP contribution is -2.34. The Hall–Kier alpha value is -1.56. The molecule has 3 aromatic rings. The van der Waals surface area contributed by atoms with Crippen LogP contribution in [0.2, 0.25) is 0 Å². The molecule has 0 bridgehead atoms. The fourth-order valence-electron chi connectivity index (χ4n) is 3.76. The van der Waals surface area contributed by atoms with Gasteiger partial charge < -0.3 is 4.90 Å². The third-order valence-electron chi connectivity index (χ3n) is 5.49. The quantitative estimate of drug-likeness (QED) is 0.253. The molecule has 0 saturated carbocycles. The second kappa shape index (κ2) is 13.8. The lowest BCUT2D eigenvalue weighted by molar-refractivity contribution is 0.0986. The van der Waals surface area contributed by atoms with Crippen molar-refractivity contribution in [3.63, 3.8) is 0 Å². The van der Waals surface area contributed by atoms with E-state index < -0.39 is 10.0 Å². The van der Waals surface area contributed by atoms with Crippen LogP contribution in [-0.4, -0.2) is 68.8 Å². The van der Waals surface area contributed by atoms with Crippen LogP contribution in [0.4, 0.5) is 5.13 Å². The van der Waals surface area contributed by atoms with Gasteiger partial charge in [-0.2, -0.15) is 4.31 Å². The molecule has 1 amide bonds. The Morgan fingerprint density at radius 3 is 2.19 bits per heavy atom. The molecule has 0 aliphatic carbocycles. The molecular weight excluding hydrogens is 584 g/mol. The van der Waals surface area contributed by atoms with Crippen molar-refractivity contribution in [3.05, 3.63) is 52.5 Å². The van der Waals surface area contributed by atoms with Crippen LogP contribution in [0.15, 0.2) is 51.8 Å². The van der Waals surface area contributed by atoms with Crippen molar-refractivity contribution in [1.29, 1.82) is 0 Å². The van der Waals surface area contributed by atoms with Gasteiger partial charge in [0.05, 0.1) is 15.1 Å². The number of fused-ring (bicyclic) bond motifs is 1. The summed E-state index contributed by atoms with van der Waals surface area (Å²) in [6.07, 6.45) is 2.28. The number of aromatic nitrogens is 1. The van der Waals surface area contributed by atoms with Crippen molar-refractivity contribution in [2.75, 3.05) is 45.2 Å². The predicted octanol–water partition coefficient (Wildman–Crippen LogP) is 5.89. The van der Waals surface area contributed by atoms with Gasteiger partial charge in [-0.05, 0) is 82.4 Å². The van der Waals surface area contributed by atoms with Crippen LogP contribution in [0.3, 0.4) is 0 Å². The number of amides is 1. The van der Waals surface area contributed by atoms with Gasteiger partial charge in [0.15, 0.2) is 5.13 Å². The van der Waals surface area contributed by atoms with Gasteiger partial charge in [0, 0.05) is 29.7 Å². The van der Waals surface area contributed by atoms with Gasteiger partial charge in [-0.3, -0.25) is 9.69 Å². The summed E-state index contributed by atoms with van der Waals surface area (Å²) >= 11 is 4.97. The van der Waals surface area contributed by atoms with Gasteiger partial charge >= 0.3 is 0 Å². The number of thiazole rings is 1. The topological polar surface area (TPSA) is 73.8 Å². The molecule has 0 spiro atoms. The lowest BCUT2D eigenvalue weighted by atomic mass is 10.2. The van der Waals surface area contributed by atoms with Crippen molar-refractivity contribution < 1.29 is 13.2 Å². The Labute approximate surface area is 233 Å². The molecule has 2 aromatic carbocycles. The number of nitrogens with zero attached hydrogens (tertiary/aromatic N) is 4. The van der Waals surface area contributed by atoms with E-state index in [9.17, 15) is 13.2 Å². The van der Waals surface area contributed by atoms with E-state index in [2.05, 4.69) is 20.8 Å². The zero-order valence-electron chi connectivity index (χ0n) is 21.1. The molecule has 0 atom stereocenters. The van der Waals surface area contributed by atoms with Crippen LogP contribution in [0.1, 0.15) is 43.5 Å². The highest BCUT2D eigenvalue weighted by Gasteiger charge is 2.25. The summed E-state index contributed by atoms with van der Waals surface area (Å²) in [5, 5.41) is 0.635. The third kappa shape index (κ3) is 7.49. The third-order valence-corrected chi connectivity index (χ3v) is 8.93. The number of carbonyl (C=O) groups excluding carboxylic acids is 1. The van der Waals surface area contributed by atoms with E-state index in [0.717, 1.165) is 40.5 Å². The van der Waals surface area contributed by atoms with E-state index in [4.69, 9.17) is 4.98 Å². The van der Waals surface area contributed by atoms with Crippen LogP contribution < -0.4 is 4.90 Å². The zero-order valence-corrected chi connectivity index (χ0v) is 25.1. The van der Waals surface area contributed by atoms with Crippen LogP contribution in [0.5, 0.6) is 0 Å². The molecule has 0 fully saturated rings. The molecule has 198 valence electrons. The molecular formula is C25H34BrClN4O3S2. The van der Waals surface area contributed by atoms with E-state index in [-0.39, 0.29) is 23.2 Å². The fraction of sp³-hybridized carbons (Fsp3) is 0.440. The van der Waals surface area contributed by atoms with Crippen LogP contribution in [0.25, 0.3) is 10.2 Å². The SMILES string of the molecule is CCCN(CCC)S(=O)(=O)c1ccc(C(=O)N(CCCN(C)C)c2nc3ccc(Br)cc3s2)cc1.Cl. The predicted molar refractivity (Wildman–Crippen MR) is 155 cm³/mol. The monoisotopic (exact) mass is 616 g/mol. The van der Waals surface area contributed by atoms with E-state index in [0.29, 0.717) is 30.3 Å². The van der Waals surface area contributed by atoms with Crippen molar-refractivity contribution in [2.45, 2.75) is 38.0 Å². The summed E-state index contributed by atoms with van der Waals surface area (Å²) < 4.78 is 29.7. The molecule has 1 aromatic heterocycles. The number of anilines is 1. The lowest BCUT2D eigenvalue weighted by Gasteiger charge is -2.22. The maximum atomic E-state index is 13.6. The minimum Gasteiger partial charge on any atom is -0.309 e. The second-order valence-electron chi connectivity index (χ2n) is 8.65. The van der Waals surface area contributed by atoms with E-state index >= 15 is 0 Å². The van der Waals surface area contributed by atoms with Gasteiger partial charge in [0.1, 0.15) is 0 Å². The van der Waals surface area contributed by atoms with Gasteiger partial charge in [-0.25, -0.2) is 13.4 Å². The molecule has 7 nitrogen and oxygen atoms in total. The maximum absolute atomic E-state index is 13.6. The van der Waals surface area contributed by atoms with Crippen LogP contribution >= 0.6 is 39.7 Å². The largest absolute Gasteiger partial charge is 0.309 e. The summed E-state index contributed by atoms with van der Waals surface area (Å²) in [7, 11) is 0.405. The van der Waals surface area contributed by atoms with E-state index in [1.54, 1.807) is 17.0 Å². The first-order valence-electron chi connectivity index (χ1n) is 11.8. The van der Waals surface area contributed by atoms with E-state index in [1.165, 1.54) is 27.8 Å². The highest BCUT2D eigenvalue weighted by atomic mass is 79.9. The van der Waals surface area contributed by atoms with Crippen molar-refractivity contribution in [2.24, 2.45) is 0 Å². The average molecular weight is 618 g/mol. The summed E-state index contributed by atoms with van der Waals surface area (Å²) in [6.45, 7) is 6.23. The molecule has 11 heteroatoms. The first kappa shape index (κ1) is 30.7. The number of carbonyl (C=O) groups is 1. The van der Waals surface area contributed by atoms with Gasteiger partial charge in [-0.1, -0.05) is 41.1 Å². The fourth-order valence-corrected chi connectivity index (χ4v) is 6.92. The highest BCUT2D eigenvalue weighted by Crippen LogP contribution is 2.32. The maximum Gasteiger partial charge on any atom is 0.260 e. The Bertz CT molecular complexity index is 1240. The summed E-state index contributed by atoms with van der Waals surface area (Å²) in [4.78, 5) is 22.3. The van der Waals surface area contributed by atoms with Crippen molar-refractivity contribution >= 4 is 71.0 Å². The average Bonchev–Trinajstić information content (AvgIpc) is 3.24. The van der Waals surface area contributed by atoms with Gasteiger partial charge in [0.25, 0.3) is 5.91 Å². The number of hydrogen-bond donors (Lipinski definition) is 0. The molecule has 0 saturated heterocycles. The normalized spacial score (nSPS) is 11.8. The Kier molecular flexibility index (Phi) is 11.8. The standard InChI is InChI=1S/C25H33BrN4O3S2.ClH/c1-5-14-29(15-6-2)35(32,33)21-11-8-19(9-12-21)24(31)30(17-7-16-28(3)4)25-27-22-13-10-20(26)18-23(22)34-25;/h8-13,18H,5-7,14-17H2,1-4H3;1H. The Morgan fingerprint density at radius 1 is 0.972 bits per heavy atom. The first-order valence-corrected chi connectivity index (χ1v) is 14.8. The Morgan fingerprint density at radius 2 is 1.61 bits per heavy atom. The number of sulfonamides is 1. The van der Waals surface area contributed by atoms with Crippen molar-refractivity contribution in [1.82, 2.24) is 14.2 Å². The zero-order chi connectivity index (χ0) is 25.6. The molecule has 36 heavy (non-hydrogen) atoms. The molecule has 0 aliphatic rings. The van der Waals surface area contributed by atoms with Gasteiger partial charge in [-0.15, -0.1) is 12.4 Å². The van der Waals surface area contributed by atoms with Crippen LogP contribution in [-0.2, 0) is 10.0 Å². The summed E-state index contributed by atoms with van der Waals surface area (Å²) in [5.41, 5.74) is 1.28. The van der Waals surface area contributed by atoms with E-state index in [1.807, 2.05) is 46.1 Å². The number of rotatable bonds is 12.